The van der Waals surface area contributed by atoms with Crippen molar-refractivity contribution in [1.29, 1.82) is 0 Å². The van der Waals surface area contributed by atoms with E-state index < -0.39 is 0 Å². The molecule has 4 aromatic carbocycles. The molecule has 0 unspecified atom stereocenters. The minimum Gasteiger partial charge on any atom is -0.288 e. The molecule has 4 aromatic rings. The van der Waals surface area contributed by atoms with E-state index in [0.29, 0.717) is 44.5 Å². The van der Waals surface area contributed by atoms with E-state index in [1.54, 1.807) is 36.4 Å². The second-order valence-electron chi connectivity index (χ2n) is 12.2. The Morgan fingerprint density at radius 2 is 0.714 bits per heavy atom. The van der Waals surface area contributed by atoms with Gasteiger partial charge in [0.2, 0.25) is 0 Å². The lowest BCUT2D eigenvalue weighted by Gasteiger charge is -2.05. The summed E-state index contributed by atoms with van der Waals surface area (Å²) in [7, 11) is 0. The maximum absolute atomic E-state index is 13.2. The summed E-state index contributed by atoms with van der Waals surface area (Å²) in [6, 6.07) is 25.9. The van der Waals surface area contributed by atoms with Gasteiger partial charge in [0.15, 0.2) is 23.1 Å². The molecule has 0 radical (unpaired) electrons. The monoisotopic (exact) mass is 552 g/mol. The zero-order chi connectivity index (χ0) is 29.7. The number of hydrogen-bond donors (Lipinski definition) is 0. The molecule has 0 fully saturated rings. The van der Waals surface area contributed by atoms with Crippen LogP contribution in [0, 0.1) is 22.3 Å². The van der Waals surface area contributed by atoms with Crippen LogP contribution in [0.15, 0.2) is 84.9 Å². The summed E-state index contributed by atoms with van der Waals surface area (Å²) in [4.78, 5) is 52.8. The van der Waals surface area contributed by atoms with Crippen LogP contribution in [0.25, 0.3) is 11.1 Å². The molecule has 0 heterocycles. The number of ketones is 4. The molecule has 0 amide bonds. The average Bonchev–Trinajstić information content (AvgIpc) is 3.36. The van der Waals surface area contributed by atoms with E-state index in [0.717, 1.165) is 34.4 Å². The van der Waals surface area contributed by atoms with E-state index in [1.807, 2.05) is 48.5 Å². The van der Waals surface area contributed by atoms with Crippen LogP contribution in [0.5, 0.6) is 0 Å². The summed E-state index contributed by atoms with van der Waals surface area (Å²) in [5.74, 6) is -0.00274. The zero-order valence-corrected chi connectivity index (χ0v) is 24.3. The summed E-state index contributed by atoms with van der Waals surface area (Å²) in [6.45, 7) is 8.51. The molecule has 208 valence electrons. The van der Waals surface area contributed by atoms with Crippen LogP contribution in [0.3, 0.4) is 0 Å². The van der Waals surface area contributed by atoms with Crippen LogP contribution in [0.4, 0.5) is 0 Å². The number of Topliss-reactive ketones (excluding diaryl/α,β-unsaturated/α-hetero) is 4. The van der Waals surface area contributed by atoms with Gasteiger partial charge in [-0.3, -0.25) is 19.2 Å². The highest BCUT2D eigenvalue weighted by atomic mass is 16.2. The molecule has 0 N–H and O–H groups in total. The second kappa shape index (κ2) is 10.6. The number of hydrogen-bond acceptors (Lipinski definition) is 4. The Labute approximate surface area is 244 Å². The van der Waals surface area contributed by atoms with Gasteiger partial charge in [-0.1, -0.05) is 100 Å². The van der Waals surface area contributed by atoms with Gasteiger partial charge < -0.3 is 0 Å². The van der Waals surface area contributed by atoms with Crippen LogP contribution in [-0.2, 0) is 12.8 Å². The van der Waals surface area contributed by atoms with E-state index in [4.69, 9.17) is 0 Å². The third-order valence-corrected chi connectivity index (χ3v) is 8.02. The van der Waals surface area contributed by atoms with Gasteiger partial charge in [0, 0.05) is 22.3 Å². The fourth-order valence-corrected chi connectivity index (χ4v) is 6.08. The quantitative estimate of drug-likeness (QED) is 0.320. The predicted octanol–water partition coefficient (Wildman–Crippen LogP) is 5.83. The molecule has 0 spiro atoms. The van der Waals surface area contributed by atoms with E-state index in [9.17, 15) is 19.2 Å². The molecule has 0 saturated carbocycles. The van der Waals surface area contributed by atoms with Crippen LogP contribution >= 0.6 is 0 Å². The van der Waals surface area contributed by atoms with Gasteiger partial charge in [-0.2, -0.15) is 0 Å². The van der Waals surface area contributed by atoms with Gasteiger partial charge >= 0.3 is 0 Å². The fourth-order valence-electron chi connectivity index (χ4n) is 6.08. The lowest BCUT2D eigenvalue weighted by molar-refractivity contribution is 0.101. The van der Waals surface area contributed by atoms with E-state index in [2.05, 4.69) is 27.7 Å². The first-order valence-corrected chi connectivity index (χ1v) is 14.5. The molecule has 4 heteroatoms. The summed E-state index contributed by atoms with van der Waals surface area (Å²) in [5, 5.41) is 2.99. The normalized spacial score (nSPS) is 14.4. The van der Waals surface area contributed by atoms with Crippen LogP contribution in [0.1, 0.15) is 80.3 Å². The Morgan fingerprint density at radius 3 is 1.05 bits per heavy atom. The SMILES string of the molecule is CC(C)Cc1ccc2c(c1)C(=O)C(=c1ccc(=c3ccc(=C4C(=O)c5ccc(CC(C)C)cc5C4=O)cc3)cc1)C2=O. The number of carbonyl (C=O) groups excluding carboxylic acids is 4. The molecule has 0 saturated heterocycles. The minimum atomic E-state index is -0.233. The van der Waals surface area contributed by atoms with Gasteiger partial charge in [-0.15, -0.1) is 0 Å². The molecule has 0 atom stereocenters. The maximum Gasteiger partial charge on any atom is 0.198 e. The predicted molar refractivity (Wildman–Crippen MR) is 164 cm³/mol. The summed E-state index contributed by atoms with van der Waals surface area (Å²) < 4.78 is 0. The van der Waals surface area contributed by atoms with Crippen LogP contribution < -0.4 is 10.4 Å². The summed E-state index contributed by atoms with van der Waals surface area (Å²) in [6.07, 6.45) is 1.70. The summed E-state index contributed by atoms with van der Waals surface area (Å²) in [5.41, 5.74) is 4.44. The third kappa shape index (κ3) is 4.77. The first kappa shape index (κ1) is 27.5. The van der Waals surface area contributed by atoms with Crippen molar-refractivity contribution >= 4 is 34.3 Å². The topological polar surface area (TPSA) is 68.3 Å². The van der Waals surface area contributed by atoms with Crippen molar-refractivity contribution in [2.24, 2.45) is 11.8 Å². The number of benzene rings is 4. The van der Waals surface area contributed by atoms with Crippen molar-refractivity contribution in [1.82, 2.24) is 0 Å². The Morgan fingerprint density at radius 1 is 0.405 bits per heavy atom. The Hall–Kier alpha value is -4.70. The molecular formula is C38H32O4. The van der Waals surface area contributed by atoms with Gasteiger partial charge in [-0.05, 0) is 68.8 Å². The molecule has 0 aliphatic heterocycles. The zero-order valence-electron chi connectivity index (χ0n) is 24.3. The Kier molecular flexibility index (Phi) is 6.94. The van der Waals surface area contributed by atoms with Crippen molar-refractivity contribution < 1.29 is 19.2 Å². The lowest BCUT2D eigenvalue weighted by Crippen LogP contribution is -2.14. The van der Waals surface area contributed by atoms with Crippen molar-refractivity contribution in [2.75, 3.05) is 0 Å². The maximum atomic E-state index is 13.2. The van der Waals surface area contributed by atoms with Crippen LogP contribution in [-0.4, -0.2) is 23.1 Å². The molecule has 4 nitrogen and oxygen atoms in total. The number of rotatable bonds is 4. The molecule has 0 aromatic heterocycles. The van der Waals surface area contributed by atoms with E-state index in [1.165, 1.54) is 0 Å². The third-order valence-electron chi connectivity index (χ3n) is 8.02. The highest BCUT2D eigenvalue weighted by Crippen LogP contribution is 2.29. The molecule has 6 rings (SSSR count). The van der Waals surface area contributed by atoms with Crippen LogP contribution in [0.2, 0.25) is 0 Å². The van der Waals surface area contributed by atoms with Gasteiger partial charge in [0.25, 0.3) is 0 Å². The molecule has 2 aliphatic rings. The highest BCUT2D eigenvalue weighted by molar-refractivity contribution is 6.56. The largest absolute Gasteiger partial charge is 0.288 e. The molecular weight excluding hydrogens is 520 g/mol. The first-order chi connectivity index (χ1) is 20.1. The smallest absolute Gasteiger partial charge is 0.198 e. The molecule has 2 aliphatic carbocycles. The molecule has 0 bridgehead atoms. The number of fused-ring (bicyclic) bond motifs is 2. The van der Waals surface area contributed by atoms with Crippen molar-refractivity contribution in [3.63, 3.8) is 0 Å². The first-order valence-electron chi connectivity index (χ1n) is 14.5. The standard InChI is InChI=1S/C38H32O4/c1-21(2)17-23-5-15-29-31(19-23)37(41)33(35(29)39)27-11-7-25(8-12-27)26-9-13-28(14-10-26)34-36(40)30-16-6-24(18-22(3)4)20-32(30)38(34)42/h5-16,19-22H,17-18H2,1-4H3. The highest BCUT2D eigenvalue weighted by Gasteiger charge is 2.34. The van der Waals surface area contributed by atoms with Crippen molar-refractivity contribution in [2.45, 2.75) is 40.5 Å². The van der Waals surface area contributed by atoms with Crippen molar-refractivity contribution in [3.8, 4) is 0 Å². The Bertz CT molecular complexity index is 1870. The van der Waals surface area contributed by atoms with E-state index >= 15 is 0 Å². The fraction of sp³-hybridized carbons (Fsp3) is 0.211. The van der Waals surface area contributed by atoms with E-state index in [-0.39, 0.29) is 34.3 Å². The summed E-state index contributed by atoms with van der Waals surface area (Å²) >= 11 is 0. The lowest BCUT2D eigenvalue weighted by atomic mass is 9.99. The second-order valence-corrected chi connectivity index (χ2v) is 12.2. The van der Waals surface area contributed by atoms with Crippen molar-refractivity contribution in [3.05, 3.63) is 139 Å². The average molecular weight is 553 g/mol. The minimum absolute atomic E-state index is 0.208. The molecule has 42 heavy (non-hydrogen) atoms. The van der Waals surface area contributed by atoms with Gasteiger partial charge in [-0.25, -0.2) is 0 Å². The number of carbonyl (C=O) groups is 4. The van der Waals surface area contributed by atoms with Gasteiger partial charge in [0.05, 0.1) is 11.1 Å². The Balaban J connectivity index is 1.35. The van der Waals surface area contributed by atoms with Gasteiger partial charge in [0.1, 0.15) is 0 Å².